The molecule has 15 heteroatoms. The van der Waals surface area contributed by atoms with Gasteiger partial charge in [0.05, 0.1) is 33.8 Å². The lowest BCUT2D eigenvalue weighted by Gasteiger charge is -2.28. The van der Waals surface area contributed by atoms with Crippen LogP contribution in [0.25, 0.3) is 20.8 Å². The van der Waals surface area contributed by atoms with Crippen LogP contribution in [-0.2, 0) is 0 Å². The number of hydrogen-bond donors (Lipinski definition) is 3. The van der Waals surface area contributed by atoms with Crippen molar-refractivity contribution in [3.05, 3.63) is 23.7 Å². The number of fused-ring (bicyclic) bond motifs is 1. The summed E-state index contributed by atoms with van der Waals surface area (Å²) in [5, 5.41) is 16.0. The second-order valence-corrected chi connectivity index (χ2v) is 11.3. The summed E-state index contributed by atoms with van der Waals surface area (Å²) in [6.45, 7) is 4.68. The van der Waals surface area contributed by atoms with E-state index < -0.39 is 36.1 Å². The summed E-state index contributed by atoms with van der Waals surface area (Å²) >= 11 is 1.31. The van der Waals surface area contributed by atoms with Crippen LogP contribution in [0.2, 0.25) is 0 Å². The van der Waals surface area contributed by atoms with Crippen LogP contribution in [0.15, 0.2) is 12.3 Å². The summed E-state index contributed by atoms with van der Waals surface area (Å²) in [5.41, 5.74) is 1.06. The zero-order valence-corrected chi connectivity index (χ0v) is 22.2. The molecule has 3 N–H and O–H groups in total. The Morgan fingerprint density at radius 2 is 1.69 bits per heavy atom. The van der Waals surface area contributed by atoms with E-state index in [0.717, 1.165) is 4.70 Å². The van der Waals surface area contributed by atoms with Crippen molar-refractivity contribution in [2.24, 2.45) is 5.92 Å². The molecule has 0 spiro atoms. The fourth-order valence-corrected chi connectivity index (χ4v) is 5.67. The normalized spacial score (nSPS) is 19.1. The number of alkyl halides is 7. The van der Waals surface area contributed by atoms with Gasteiger partial charge in [-0.1, -0.05) is 0 Å². The van der Waals surface area contributed by atoms with Crippen LogP contribution >= 0.6 is 11.3 Å². The van der Waals surface area contributed by atoms with Gasteiger partial charge < -0.3 is 15.7 Å². The van der Waals surface area contributed by atoms with Gasteiger partial charge in [-0.25, -0.2) is 9.97 Å². The molecule has 1 saturated carbocycles. The van der Waals surface area contributed by atoms with Gasteiger partial charge in [0.15, 0.2) is 0 Å². The number of aliphatic hydroxyl groups is 1. The summed E-state index contributed by atoms with van der Waals surface area (Å²) in [6, 6.07) is 1.59. The lowest BCUT2D eigenvalue weighted by atomic mass is 9.89. The highest BCUT2D eigenvalue weighted by atomic mass is 32.1. The SMILES string of the molecule is Cc1nc(NCC(F)(F)C(F)(F)C(F)(F)F)nc(NC2CCC(C(C)(C)O)C2)c1-c1nc2c(C)nccc2s1. The Bertz CT molecular complexity index is 1360. The van der Waals surface area contributed by atoms with E-state index >= 15 is 0 Å². The first kappa shape index (κ1) is 29.2. The topological polar surface area (TPSA) is 95.9 Å². The fourth-order valence-electron chi connectivity index (χ4n) is 4.56. The number of nitrogens with one attached hydrogen (secondary N) is 2. The molecule has 3 heterocycles. The van der Waals surface area contributed by atoms with Crippen LogP contribution in [0, 0.1) is 19.8 Å². The second kappa shape index (κ2) is 9.98. The van der Waals surface area contributed by atoms with E-state index in [1.807, 2.05) is 5.32 Å². The van der Waals surface area contributed by atoms with Gasteiger partial charge in [-0.15, -0.1) is 11.3 Å². The average Bonchev–Trinajstić information content (AvgIpc) is 3.45. The maximum absolute atomic E-state index is 13.9. The van der Waals surface area contributed by atoms with Gasteiger partial charge in [0.2, 0.25) is 5.95 Å². The minimum Gasteiger partial charge on any atom is -0.390 e. The molecule has 0 radical (unpaired) electrons. The van der Waals surface area contributed by atoms with Crippen molar-refractivity contribution in [3.63, 3.8) is 0 Å². The van der Waals surface area contributed by atoms with Crippen LogP contribution in [0.3, 0.4) is 0 Å². The maximum Gasteiger partial charge on any atom is 0.459 e. The van der Waals surface area contributed by atoms with Crippen molar-refractivity contribution >= 4 is 33.3 Å². The molecule has 0 aliphatic heterocycles. The Morgan fingerprint density at radius 3 is 2.28 bits per heavy atom. The minimum atomic E-state index is -6.44. The molecule has 0 amide bonds. The molecule has 0 bridgehead atoms. The highest BCUT2D eigenvalue weighted by molar-refractivity contribution is 7.21. The number of thiazole rings is 1. The van der Waals surface area contributed by atoms with Crippen LogP contribution in [0.5, 0.6) is 0 Å². The number of anilines is 2. The zero-order valence-electron chi connectivity index (χ0n) is 21.4. The molecule has 3 aromatic heterocycles. The smallest absolute Gasteiger partial charge is 0.390 e. The summed E-state index contributed by atoms with van der Waals surface area (Å²) in [6.07, 6.45) is -2.89. The van der Waals surface area contributed by atoms with Gasteiger partial charge in [-0.3, -0.25) is 4.98 Å². The molecule has 39 heavy (non-hydrogen) atoms. The van der Waals surface area contributed by atoms with Gasteiger partial charge in [-0.05, 0) is 58.9 Å². The van der Waals surface area contributed by atoms with Gasteiger partial charge in [-0.2, -0.15) is 35.7 Å². The Labute approximate surface area is 223 Å². The van der Waals surface area contributed by atoms with E-state index in [9.17, 15) is 35.8 Å². The van der Waals surface area contributed by atoms with Crippen LogP contribution in [0.4, 0.5) is 42.5 Å². The maximum atomic E-state index is 13.9. The number of hydrogen-bond acceptors (Lipinski definition) is 8. The van der Waals surface area contributed by atoms with Crippen molar-refractivity contribution in [2.45, 2.75) is 76.6 Å². The summed E-state index contributed by atoms with van der Waals surface area (Å²) in [7, 11) is 0. The molecular weight excluding hydrogens is 553 g/mol. The minimum absolute atomic E-state index is 0.0292. The molecule has 0 saturated heterocycles. The molecule has 3 aromatic rings. The van der Waals surface area contributed by atoms with E-state index in [4.69, 9.17) is 0 Å². The van der Waals surface area contributed by atoms with E-state index in [-0.39, 0.29) is 23.5 Å². The summed E-state index contributed by atoms with van der Waals surface area (Å²) < 4.78 is 93.1. The summed E-state index contributed by atoms with van der Waals surface area (Å²) in [5.74, 6) is -12.1. The van der Waals surface area contributed by atoms with Crippen molar-refractivity contribution < 1.29 is 35.8 Å². The third-order valence-corrected chi connectivity index (χ3v) is 7.89. The van der Waals surface area contributed by atoms with E-state index in [2.05, 4.69) is 25.3 Å². The monoisotopic (exact) mass is 580 g/mol. The molecule has 0 aromatic carbocycles. The second-order valence-electron chi connectivity index (χ2n) is 10.3. The van der Waals surface area contributed by atoms with Gasteiger partial charge in [0.1, 0.15) is 16.3 Å². The molecule has 214 valence electrons. The Hall–Kier alpha value is -2.81. The van der Waals surface area contributed by atoms with Crippen molar-refractivity contribution in [1.82, 2.24) is 19.9 Å². The molecule has 2 atom stereocenters. The lowest BCUT2D eigenvalue weighted by Crippen LogP contribution is -2.55. The molecule has 1 aliphatic carbocycles. The van der Waals surface area contributed by atoms with Crippen molar-refractivity contribution in [3.8, 4) is 10.6 Å². The molecule has 2 unspecified atom stereocenters. The van der Waals surface area contributed by atoms with Crippen LogP contribution < -0.4 is 10.6 Å². The Kier molecular flexibility index (Phi) is 7.47. The van der Waals surface area contributed by atoms with Gasteiger partial charge in [0.25, 0.3) is 0 Å². The van der Waals surface area contributed by atoms with Crippen LogP contribution in [0.1, 0.15) is 44.5 Å². The average molecular weight is 581 g/mol. The first-order valence-electron chi connectivity index (χ1n) is 12.1. The zero-order chi connectivity index (χ0) is 29.0. The van der Waals surface area contributed by atoms with Crippen molar-refractivity contribution in [2.75, 3.05) is 17.2 Å². The number of nitrogens with zero attached hydrogens (tertiary/aromatic N) is 4. The van der Waals surface area contributed by atoms with Gasteiger partial charge in [0, 0.05) is 12.2 Å². The largest absolute Gasteiger partial charge is 0.459 e. The molecule has 4 rings (SSSR count). The standard InChI is InChI=1S/C24H27F7N6OS/c1-11-16(19-36-17-12(2)32-8-7-15(17)39-19)18(35-14-6-5-13(9-14)21(3,4)38)37-20(34-11)33-10-22(25,26)23(27,28)24(29,30)31/h7-8,13-14,38H,5-6,9-10H2,1-4H3,(H2,33,34,35,37). The van der Waals surface area contributed by atoms with E-state index in [0.29, 0.717) is 41.0 Å². The lowest BCUT2D eigenvalue weighted by molar-refractivity contribution is -0.350. The molecule has 1 aliphatic rings. The first-order chi connectivity index (χ1) is 17.9. The predicted molar refractivity (Wildman–Crippen MR) is 133 cm³/mol. The predicted octanol–water partition coefficient (Wildman–Crippen LogP) is 6.36. The third kappa shape index (κ3) is 5.74. The highest BCUT2D eigenvalue weighted by Crippen LogP contribution is 2.46. The molecule has 1 fully saturated rings. The number of halogens is 7. The number of pyridine rings is 1. The number of rotatable bonds is 8. The highest BCUT2D eigenvalue weighted by Gasteiger charge is 2.72. The first-order valence-corrected chi connectivity index (χ1v) is 12.9. The number of aromatic nitrogens is 4. The molecule has 7 nitrogen and oxygen atoms in total. The van der Waals surface area contributed by atoms with E-state index in [1.54, 1.807) is 33.0 Å². The van der Waals surface area contributed by atoms with E-state index in [1.165, 1.54) is 18.3 Å². The quantitative estimate of drug-likeness (QED) is 0.267. The van der Waals surface area contributed by atoms with Gasteiger partial charge >= 0.3 is 18.0 Å². The van der Waals surface area contributed by atoms with Crippen LogP contribution in [-0.4, -0.2) is 61.3 Å². The van der Waals surface area contributed by atoms with Crippen molar-refractivity contribution in [1.29, 1.82) is 0 Å². The Balaban J connectivity index is 1.70. The molecular formula is C24H27F7N6OS. The Morgan fingerprint density at radius 1 is 1.00 bits per heavy atom. The number of aryl methyl sites for hydroxylation is 2. The third-order valence-electron chi connectivity index (χ3n) is 6.85. The fraction of sp³-hybridized carbons (Fsp3) is 0.583. The summed E-state index contributed by atoms with van der Waals surface area (Å²) in [4.78, 5) is 17.1.